The van der Waals surface area contributed by atoms with Crippen molar-refractivity contribution < 1.29 is 9.53 Å². The van der Waals surface area contributed by atoms with Gasteiger partial charge in [0.05, 0.1) is 23.7 Å². The Labute approximate surface area is 163 Å². The molecule has 7 heteroatoms. The van der Waals surface area contributed by atoms with Crippen LogP contribution in [-0.4, -0.2) is 46.8 Å². The molecule has 0 radical (unpaired) electrons. The number of benzene rings is 1. The Bertz CT molecular complexity index is 723. The van der Waals surface area contributed by atoms with Crippen molar-refractivity contribution in [2.75, 3.05) is 24.2 Å². The second-order valence-electron chi connectivity index (χ2n) is 6.75. The molecule has 1 aromatic carbocycles. The molecule has 140 valence electrons. The molecule has 0 saturated carbocycles. The van der Waals surface area contributed by atoms with E-state index in [9.17, 15) is 4.79 Å². The minimum atomic E-state index is -0.0231. The molecule has 3 rings (SSSR count). The van der Waals surface area contributed by atoms with E-state index in [1.807, 2.05) is 17.5 Å². The number of carbonyl (C=O) groups excluding carboxylic acids is 1. The van der Waals surface area contributed by atoms with Gasteiger partial charge in [0.25, 0.3) is 0 Å². The molecule has 1 aromatic heterocycles. The van der Waals surface area contributed by atoms with E-state index in [0.717, 1.165) is 30.2 Å². The van der Waals surface area contributed by atoms with Gasteiger partial charge in [-0.1, -0.05) is 17.7 Å². The van der Waals surface area contributed by atoms with Crippen LogP contribution in [0.5, 0.6) is 0 Å². The molecule has 1 fully saturated rings. The first-order valence-electron chi connectivity index (χ1n) is 8.79. The number of nitrogens with zero attached hydrogens (tertiary/aromatic N) is 2. The first kappa shape index (κ1) is 19.4. The van der Waals surface area contributed by atoms with Gasteiger partial charge in [0, 0.05) is 29.9 Å². The third kappa shape index (κ3) is 5.81. The molecule has 1 N–H and O–H groups in total. The van der Waals surface area contributed by atoms with Gasteiger partial charge in [-0.05, 0) is 32.9 Å². The molecule has 1 aliphatic rings. The van der Waals surface area contributed by atoms with Crippen molar-refractivity contribution in [1.82, 2.24) is 9.88 Å². The molecule has 26 heavy (non-hydrogen) atoms. The largest absolute Gasteiger partial charge is 0.373 e. The minimum absolute atomic E-state index is 0.0231. The monoisotopic (exact) mass is 391 g/mol. The predicted octanol–water partition coefficient (Wildman–Crippen LogP) is 3.79. The Morgan fingerprint density at radius 3 is 2.69 bits per heavy atom. The zero-order valence-corrected chi connectivity index (χ0v) is 17.0. The van der Waals surface area contributed by atoms with Crippen LogP contribution < -0.4 is 5.32 Å². The van der Waals surface area contributed by atoms with Crippen molar-refractivity contribution >= 4 is 34.1 Å². The number of amides is 1. The molecule has 0 aliphatic carbocycles. The number of rotatable bonds is 6. The molecule has 2 atom stereocenters. The van der Waals surface area contributed by atoms with Crippen molar-refractivity contribution in [2.45, 2.75) is 44.4 Å². The lowest BCUT2D eigenvalue weighted by molar-refractivity contribution is -0.113. The van der Waals surface area contributed by atoms with E-state index in [0.29, 0.717) is 10.9 Å². The average molecular weight is 392 g/mol. The number of ether oxygens (including phenoxy) is 1. The Hall–Kier alpha value is -1.41. The number of hydrogen-bond acceptors (Lipinski definition) is 6. The van der Waals surface area contributed by atoms with Gasteiger partial charge < -0.3 is 10.1 Å². The Kier molecular flexibility index (Phi) is 6.69. The Morgan fingerprint density at radius 2 is 2.00 bits per heavy atom. The van der Waals surface area contributed by atoms with Gasteiger partial charge in [0.1, 0.15) is 0 Å². The highest BCUT2D eigenvalue weighted by Gasteiger charge is 2.22. The van der Waals surface area contributed by atoms with Crippen LogP contribution in [0.4, 0.5) is 5.13 Å². The van der Waals surface area contributed by atoms with Crippen molar-refractivity contribution in [2.24, 2.45) is 0 Å². The topological polar surface area (TPSA) is 54.5 Å². The van der Waals surface area contributed by atoms with Crippen LogP contribution in [0.15, 0.2) is 34.5 Å². The highest BCUT2D eigenvalue weighted by atomic mass is 32.2. The third-order valence-corrected chi connectivity index (χ3v) is 5.89. The van der Waals surface area contributed by atoms with Crippen LogP contribution in [0, 0.1) is 6.92 Å². The van der Waals surface area contributed by atoms with Crippen LogP contribution in [0.25, 0.3) is 0 Å². The lowest BCUT2D eigenvalue weighted by Gasteiger charge is -2.34. The Balaban J connectivity index is 1.46. The zero-order valence-electron chi connectivity index (χ0n) is 15.4. The van der Waals surface area contributed by atoms with E-state index < -0.39 is 0 Å². The van der Waals surface area contributed by atoms with Crippen molar-refractivity contribution in [3.63, 3.8) is 0 Å². The van der Waals surface area contributed by atoms with E-state index in [4.69, 9.17) is 4.74 Å². The number of aromatic nitrogens is 1. The summed E-state index contributed by atoms with van der Waals surface area (Å²) in [7, 11) is 0. The number of nitrogens with one attached hydrogen (secondary N) is 1. The predicted molar refractivity (Wildman–Crippen MR) is 108 cm³/mol. The number of morpholine rings is 1. The molecule has 1 aliphatic heterocycles. The standard InChI is InChI=1S/C19H25N3O2S2/c1-13-4-6-17(7-5-13)25-12-18(23)21-19-20-16(11-26-19)10-22-8-14(2)24-15(3)9-22/h4-7,11,14-15H,8-10,12H2,1-3H3,(H,20,21,23). The number of anilines is 1. The maximum absolute atomic E-state index is 12.1. The first-order valence-corrected chi connectivity index (χ1v) is 10.7. The van der Waals surface area contributed by atoms with E-state index in [1.165, 1.54) is 28.7 Å². The van der Waals surface area contributed by atoms with Crippen LogP contribution in [0.1, 0.15) is 25.1 Å². The van der Waals surface area contributed by atoms with Gasteiger partial charge in [-0.15, -0.1) is 23.1 Å². The summed E-state index contributed by atoms with van der Waals surface area (Å²) in [4.78, 5) is 20.2. The maximum atomic E-state index is 12.1. The van der Waals surface area contributed by atoms with Crippen molar-refractivity contribution in [1.29, 1.82) is 0 Å². The fraction of sp³-hybridized carbons (Fsp3) is 0.474. The zero-order chi connectivity index (χ0) is 18.5. The quantitative estimate of drug-likeness (QED) is 0.759. The molecular weight excluding hydrogens is 366 g/mol. The van der Waals surface area contributed by atoms with E-state index >= 15 is 0 Å². The summed E-state index contributed by atoms with van der Waals surface area (Å²) in [6, 6.07) is 8.19. The molecule has 2 unspecified atom stereocenters. The number of hydrogen-bond donors (Lipinski definition) is 1. The minimum Gasteiger partial charge on any atom is -0.373 e. The highest BCUT2D eigenvalue weighted by molar-refractivity contribution is 8.00. The Morgan fingerprint density at radius 1 is 1.31 bits per heavy atom. The molecule has 5 nitrogen and oxygen atoms in total. The maximum Gasteiger partial charge on any atom is 0.236 e. The molecule has 1 saturated heterocycles. The van der Waals surface area contributed by atoms with Gasteiger partial charge in [0.2, 0.25) is 5.91 Å². The summed E-state index contributed by atoms with van der Waals surface area (Å²) < 4.78 is 5.76. The van der Waals surface area contributed by atoms with Crippen LogP contribution in [-0.2, 0) is 16.1 Å². The number of carbonyl (C=O) groups is 1. The van der Waals surface area contributed by atoms with Gasteiger partial charge in [-0.25, -0.2) is 4.98 Å². The molecule has 2 aromatic rings. The lowest BCUT2D eigenvalue weighted by atomic mass is 10.2. The van der Waals surface area contributed by atoms with Crippen LogP contribution >= 0.6 is 23.1 Å². The summed E-state index contributed by atoms with van der Waals surface area (Å²) in [6.45, 7) is 8.87. The SMILES string of the molecule is Cc1ccc(SCC(=O)Nc2nc(CN3CC(C)OC(C)C3)cs2)cc1. The normalized spacial score (nSPS) is 20.9. The molecular formula is C19H25N3O2S2. The average Bonchev–Trinajstić information content (AvgIpc) is 3.00. The van der Waals surface area contributed by atoms with Crippen molar-refractivity contribution in [3.8, 4) is 0 Å². The first-order chi connectivity index (χ1) is 12.5. The van der Waals surface area contributed by atoms with Gasteiger partial charge >= 0.3 is 0 Å². The summed E-state index contributed by atoms with van der Waals surface area (Å²) >= 11 is 3.02. The summed E-state index contributed by atoms with van der Waals surface area (Å²) in [6.07, 6.45) is 0.491. The molecule has 2 heterocycles. The number of aryl methyl sites for hydroxylation is 1. The number of thiazole rings is 1. The second-order valence-corrected chi connectivity index (χ2v) is 8.65. The lowest BCUT2D eigenvalue weighted by Crippen LogP contribution is -2.44. The summed E-state index contributed by atoms with van der Waals surface area (Å²) in [5.74, 6) is 0.362. The van der Waals surface area contributed by atoms with E-state index in [2.05, 4.69) is 48.1 Å². The third-order valence-electron chi connectivity index (χ3n) is 4.07. The second kappa shape index (κ2) is 8.99. The van der Waals surface area contributed by atoms with Crippen LogP contribution in [0.3, 0.4) is 0 Å². The smallest absolute Gasteiger partial charge is 0.236 e. The van der Waals surface area contributed by atoms with Gasteiger partial charge in [-0.3, -0.25) is 9.69 Å². The van der Waals surface area contributed by atoms with Gasteiger partial charge in [-0.2, -0.15) is 0 Å². The molecule has 0 bridgehead atoms. The molecule has 0 spiro atoms. The summed E-state index contributed by atoms with van der Waals surface area (Å²) in [5.41, 5.74) is 2.22. The molecule has 1 amide bonds. The fourth-order valence-electron chi connectivity index (χ4n) is 3.02. The summed E-state index contributed by atoms with van der Waals surface area (Å²) in [5, 5.41) is 5.59. The fourth-order valence-corrected chi connectivity index (χ4v) is 4.43. The van der Waals surface area contributed by atoms with Crippen LogP contribution in [0.2, 0.25) is 0 Å². The van der Waals surface area contributed by atoms with Gasteiger partial charge in [0.15, 0.2) is 5.13 Å². The highest BCUT2D eigenvalue weighted by Crippen LogP contribution is 2.21. The van der Waals surface area contributed by atoms with Crippen molar-refractivity contribution in [3.05, 3.63) is 40.9 Å². The van der Waals surface area contributed by atoms with E-state index in [1.54, 1.807) is 0 Å². The number of thioether (sulfide) groups is 1. The van der Waals surface area contributed by atoms with E-state index in [-0.39, 0.29) is 18.1 Å².